The van der Waals surface area contributed by atoms with Crippen LogP contribution < -0.4 is 4.74 Å². The van der Waals surface area contributed by atoms with E-state index in [-0.39, 0.29) is 12.0 Å². The zero-order valence-electron chi connectivity index (χ0n) is 9.23. The molecule has 0 saturated carbocycles. The number of hydrogen-bond donors (Lipinski definition) is 1. The van der Waals surface area contributed by atoms with Gasteiger partial charge in [-0.25, -0.2) is 0 Å². The van der Waals surface area contributed by atoms with Gasteiger partial charge in [-0.1, -0.05) is 18.2 Å². The summed E-state index contributed by atoms with van der Waals surface area (Å²) in [5, 5.41) is 9.96. The van der Waals surface area contributed by atoms with Gasteiger partial charge in [0.1, 0.15) is 5.75 Å². The van der Waals surface area contributed by atoms with Gasteiger partial charge in [0.05, 0.1) is 12.7 Å². The highest BCUT2D eigenvalue weighted by atomic mass is 16.5. The van der Waals surface area contributed by atoms with Crippen molar-refractivity contribution in [3.05, 3.63) is 29.8 Å². The minimum absolute atomic E-state index is 0.170. The maximum Gasteiger partial charge on any atom is 0.122 e. The minimum atomic E-state index is -0.357. The Bertz CT molecular complexity index is 392. The van der Waals surface area contributed by atoms with Crippen LogP contribution in [0, 0.1) is 18.3 Å². The highest BCUT2D eigenvalue weighted by molar-refractivity contribution is 5.35. The second kappa shape index (κ2) is 5.05. The molecular weight excluding hydrogens is 200 g/mol. The van der Waals surface area contributed by atoms with Crippen molar-refractivity contribution in [2.24, 2.45) is 5.92 Å². The summed E-state index contributed by atoms with van der Waals surface area (Å²) in [7, 11) is 0. The predicted octanol–water partition coefficient (Wildman–Crippen LogP) is 2.01. The first-order chi connectivity index (χ1) is 7.81. The van der Waals surface area contributed by atoms with Crippen molar-refractivity contribution in [3.63, 3.8) is 0 Å². The van der Waals surface area contributed by atoms with Crippen molar-refractivity contribution in [1.82, 2.24) is 0 Å². The molecule has 0 aliphatic carbocycles. The Hall–Kier alpha value is -1.46. The van der Waals surface area contributed by atoms with E-state index in [1.165, 1.54) is 5.56 Å². The van der Waals surface area contributed by atoms with Gasteiger partial charge in [-0.05, 0) is 24.5 Å². The van der Waals surface area contributed by atoms with Crippen LogP contribution in [0.2, 0.25) is 0 Å². The summed E-state index contributed by atoms with van der Waals surface area (Å²) in [5.74, 6) is 3.67. The lowest BCUT2D eigenvalue weighted by atomic mass is 9.90. The van der Waals surface area contributed by atoms with Crippen molar-refractivity contribution in [2.75, 3.05) is 6.61 Å². The van der Waals surface area contributed by atoms with E-state index in [1.54, 1.807) is 0 Å². The summed E-state index contributed by atoms with van der Waals surface area (Å²) in [5.41, 5.74) is 1.18. The molecule has 1 aliphatic heterocycles. The molecule has 1 N–H and O–H groups in total. The average Bonchev–Trinajstić information content (AvgIpc) is 2.35. The van der Waals surface area contributed by atoms with E-state index >= 15 is 0 Å². The Balaban J connectivity index is 2.00. The van der Waals surface area contributed by atoms with Crippen LogP contribution >= 0.6 is 0 Å². The first kappa shape index (κ1) is 11.0. The Kier molecular flexibility index (Phi) is 3.48. The summed E-state index contributed by atoms with van der Waals surface area (Å²) in [6.45, 7) is 0.586. The van der Waals surface area contributed by atoms with Crippen molar-refractivity contribution in [3.8, 4) is 18.1 Å². The fraction of sp³-hybridized carbons (Fsp3) is 0.429. The molecule has 1 aliphatic rings. The quantitative estimate of drug-likeness (QED) is 0.783. The number of benzene rings is 1. The summed E-state index contributed by atoms with van der Waals surface area (Å²) < 4.78 is 5.63. The van der Waals surface area contributed by atoms with Crippen molar-refractivity contribution in [2.45, 2.75) is 25.4 Å². The number of ether oxygens (including phenoxy) is 1. The third kappa shape index (κ3) is 2.37. The maximum absolute atomic E-state index is 9.96. The topological polar surface area (TPSA) is 29.5 Å². The van der Waals surface area contributed by atoms with Crippen LogP contribution in [0.15, 0.2) is 24.3 Å². The van der Waals surface area contributed by atoms with Crippen molar-refractivity contribution in [1.29, 1.82) is 0 Å². The standard InChI is InChI=1S/C14H16O2/c1-2-3-7-13(15)12-9-11-6-4-5-8-14(11)16-10-12/h1,4-6,8,12-13,15H,3,7,9-10H2. The molecule has 0 spiro atoms. The number of para-hydroxylation sites is 1. The zero-order valence-corrected chi connectivity index (χ0v) is 9.23. The van der Waals surface area contributed by atoms with Gasteiger partial charge >= 0.3 is 0 Å². The maximum atomic E-state index is 9.96. The highest BCUT2D eigenvalue weighted by Crippen LogP contribution is 2.29. The van der Waals surface area contributed by atoms with Crippen LogP contribution in [0.4, 0.5) is 0 Å². The fourth-order valence-corrected chi connectivity index (χ4v) is 2.07. The monoisotopic (exact) mass is 216 g/mol. The van der Waals surface area contributed by atoms with E-state index in [2.05, 4.69) is 12.0 Å². The highest BCUT2D eigenvalue weighted by Gasteiger charge is 2.25. The molecule has 2 atom stereocenters. The van der Waals surface area contributed by atoms with Crippen LogP contribution in [0.5, 0.6) is 5.75 Å². The van der Waals surface area contributed by atoms with Gasteiger partial charge in [-0.2, -0.15) is 0 Å². The number of terminal acetylenes is 1. The van der Waals surface area contributed by atoms with E-state index < -0.39 is 0 Å². The van der Waals surface area contributed by atoms with Gasteiger partial charge in [0, 0.05) is 12.3 Å². The number of hydrogen-bond acceptors (Lipinski definition) is 2. The zero-order chi connectivity index (χ0) is 11.4. The molecule has 0 saturated heterocycles. The van der Waals surface area contributed by atoms with Gasteiger partial charge in [0.15, 0.2) is 0 Å². The largest absolute Gasteiger partial charge is 0.493 e. The summed E-state index contributed by atoms with van der Waals surface area (Å²) >= 11 is 0. The normalized spacial score (nSPS) is 20.4. The third-order valence-electron chi connectivity index (χ3n) is 3.04. The van der Waals surface area contributed by atoms with Gasteiger partial charge in [0.2, 0.25) is 0 Å². The van der Waals surface area contributed by atoms with E-state index in [4.69, 9.17) is 11.2 Å². The van der Waals surface area contributed by atoms with Gasteiger partial charge in [-0.3, -0.25) is 0 Å². The van der Waals surface area contributed by atoms with Crippen molar-refractivity contribution < 1.29 is 9.84 Å². The van der Waals surface area contributed by atoms with E-state index in [9.17, 15) is 5.11 Å². The SMILES string of the molecule is C#CCCC(O)C1COc2ccccc2C1. The van der Waals surface area contributed by atoms with Crippen LogP contribution in [-0.4, -0.2) is 17.8 Å². The van der Waals surface area contributed by atoms with E-state index in [1.807, 2.05) is 18.2 Å². The lowest BCUT2D eigenvalue weighted by Crippen LogP contribution is -2.31. The molecule has 0 bridgehead atoms. The molecule has 16 heavy (non-hydrogen) atoms. The van der Waals surface area contributed by atoms with Crippen LogP contribution in [0.1, 0.15) is 18.4 Å². The van der Waals surface area contributed by atoms with E-state index in [0.29, 0.717) is 19.4 Å². The molecule has 1 heterocycles. The molecular formula is C14H16O2. The summed E-state index contributed by atoms with van der Waals surface area (Å²) in [4.78, 5) is 0. The van der Waals surface area contributed by atoms with Gasteiger partial charge in [-0.15, -0.1) is 12.3 Å². The number of fused-ring (bicyclic) bond motifs is 1. The molecule has 2 rings (SSSR count). The summed E-state index contributed by atoms with van der Waals surface area (Å²) in [6, 6.07) is 7.99. The van der Waals surface area contributed by atoms with Crippen LogP contribution in [0.25, 0.3) is 0 Å². The molecule has 1 aromatic rings. The Morgan fingerprint density at radius 2 is 2.31 bits per heavy atom. The fourth-order valence-electron chi connectivity index (χ4n) is 2.07. The number of aliphatic hydroxyl groups excluding tert-OH is 1. The summed E-state index contributed by atoms with van der Waals surface area (Å²) in [6.07, 6.45) is 6.99. The average molecular weight is 216 g/mol. The van der Waals surface area contributed by atoms with Crippen LogP contribution in [0.3, 0.4) is 0 Å². The van der Waals surface area contributed by atoms with Crippen molar-refractivity contribution >= 4 is 0 Å². The molecule has 84 valence electrons. The molecule has 1 aromatic carbocycles. The van der Waals surface area contributed by atoms with Gasteiger partial charge < -0.3 is 9.84 Å². The van der Waals surface area contributed by atoms with Crippen LogP contribution in [-0.2, 0) is 6.42 Å². The Morgan fingerprint density at radius 1 is 1.50 bits per heavy atom. The Labute approximate surface area is 96.3 Å². The molecule has 0 amide bonds. The lowest BCUT2D eigenvalue weighted by molar-refractivity contribution is 0.0598. The molecule has 2 heteroatoms. The number of rotatable bonds is 3. The Morgan fingerprint density at radius 3 is 3.12 bits per heavy atom. The predicted molar refractivity (Wildman–Crippen MR) is 63.2 cm³/mol. The third-order valence-corrected chi connectivity index (χ3v) is 3.04. The lowest BCUT2D eigenvalue weighted by Gasteiger charge is -2.28. The van der Waals surface area contributed by atoms with E-state index in [0.717, 1.165) is 12.2 Å². The van der Waals surface area contributed by atoms with Gasteiger partial charge in [0.25, 0.3) is 0 Å². The molecule has 0 fully saturated rings. The molecule has 2 nitrogen and oxygen atoms in total. The molecule has 2 unspecified atom stereocenters. The molecule has 0 aromatic heterocycles. The minimum Gasteiger partial charge on any atom is -0.493 e. The first-order valence-corrected chi connectivity index (χ1v) is 5.63. The first-order valence-electron chi connectivity index (χ1n) is 5.63. The second-order valence-electron chi connectivity index (χ2n) is 4.19. The molecule has 0 radical (unpaired) electrons. The number of aliphatic hydroxyl groups is 1. The second-order valence-corrected chi connectivity index (χ2v) is 4.19. The smallest absolute Gasteiger partial charge is 0.122 e.